The average Bonchev–Trinajstić information content (AvgIpc) is 2.87. The van der Waals surface area contributed by atoms with Gasteiger partial charge in [-0.2, -0.15) is 0 Å². The third-order valence-corrected chi connectivity index (χ3v) is 4.19. The van der Waals surface area contributed by atoms with Crippen molar-refractivity contribution in [3.8, 4) is 0 Å². The van der Waals surface area contributed by atoms with Crippen molar-refractivity contribution < 1.29 is 4.39 Å². The van der Waals surface area contributed by atoms with Gasteiger partial charge in [-0.15, -0.1) is 0 Å². The number of benzene rings is 2. The fourth-order valence-electron chi connectivity index (χ4n) is 2.61. The first-order valence-electron chi connectivity index (χ1n) is 6.66. The van der Waals surface area contributed by atoms with Crippen LogP contribution in [-0.2, 0) is 0 Å². The normalized spacial score (nSPS) is 17.0. The van der Waals surface area contributed by atoms with Crippen molar-refractivity contribution in [2.45, 2.75) is 6.17 Å². The number of nitrogens with one attached hydrogen (secondary N) is 1. The minimum atomic E-state index is -0.388. The van der Waals surface area contributed by atoms with Crippen LogP contribution in [0.25, 0.3) is 11.0 Å². The first-order valence-corrected chi connectivity index (χ1v) is 7.45. The molecule has 1 aliphatic heterocycles. The number of nitrogens with zero attached hydrogens (tertiary/aromatic N) is 3. The molecule has 1 aliphatic rings. The Morgan fingerprint density at radius 1 is 1.23 bits per heavy atom. The van der Waals surface area contributed by atoms with E-state index in [2.05, 4.69) is 31.2 Å². The molecule has 0 aliphatic carbocycles. The van der Waals surface area contributed by atoms with E-state index in [0.29, 0.717) is 10.4 Å². The molecule has 22 heavy (non-hydrogen) atoms. The standard InChI is InChI=1S/C15H11BrFN5/c16-9-7-8(5-6-10(9)17)13-20-14(18)21-15-19-11-3-1-2-4-12(11)22(13)15/h1-7,13H,(H3,18,19,20,21). The number of para-hydroxylation sites is 2. The van der Waals surface area contributed by atoms with Crippen LogP contribution >= 0.6 is 15.9 Å². The molecule has 5 nitrogen and oxygen atoms in total. The van der Waals surface area contributed by atoms with E-state index >= 15 is 0 Å². The third-order valence-electron chi connectivity index (χ3n) is 3.58. The molecule has 4 rings (SSSR count). The first-order chi connectivity index (χ1) is 10.6. The van der Waals surface area contributed by atoms with Crippen LogP contribution in [0.2, 0.25) is 0 Å². The maximum atomic E-state index is 13.5. The van der Waals surface area contributed by atoms with Crippen molar-refractivity contribution in [1.82, 2.24) is 9.55 Å². The third kappa shape index (κ3) is 1.97. The molecular formula is C15H11BrFN5. The van der Waals surface area contributed by atoms with Crippen molar-refractivity contribution in [2.24, 2.45) is 10.7 Å². The average molecular weight is 360 g/mol. The van der Waals surface area contributed by atoms with Gasteiger partial charge in [0.1, 0.15) is 5.82 Å². The summed E-state index contributed by atoms with van der Waals surface area (Å²) in [6.07, 6.45) is -0.388. The molecule has 0 saturated heterocycles. The molecule has 2 heterocycles. The van der Waals surface area contributed by atoms with E-state index in [1.54, 1.807) is 12.1 Å². The molecule has 2 aromatic carbocycles. The number of aromatic nitrogens is 2. The lowest BCUT2D eigenvalue weighted by molar-refractivity contribution is 0.605. The molecule has 0 bridgehead atoms. The number of nitrogens with two attached hydrogens (primary N) is 1. The van der Waals surface area contributed by atoms with E-state index < -0.39 is 0 Å². The summed E-state index contributed by atoms with van der Waals surface area (Å²) in [4.78, 5) is 8.97. The highest BCUT2D eigenvalue weighted by Gasteiger charge is 2.25. The number of hydrogen-bond donors (Lipinski definition) is 2. The summed E-state index contributed by atoms with van der Waals surface area (Å²) >= 11 is 3.21. The van der Waals surface area contributed by atoms with E-state index in [1.165, 1.54) is 6.07 Å². The second-order valence-corrected chi connectivity index (χ2v) is 5.84. The zero-order chi connectivity index (χ0) is 15.3. The molecule has 0 saturated carbocycles. The largest absolute Gasteiger partial charge is 0.370 e. The number of aliphatic imine (C=N–C) groups is 1. The fourth-order valence-corrected chi connectivity index (χ4v) is 3.01. The van der Waals surface area contributed by atoms with Gasteiger partial charge in [0, 0.05) is 0 Å². The Balaban J connectivity index is 1.96. The van der Waals surface area contributed by atoms with E-state index in [4.69, 9.17) is 5.73 Å². The fraction of sp³-hybridized carbons (Fsp3) is 0.0667. The van der Waals surface area contributed by atoms with Crippen LogP contribution in [0.5, 0.6) is 0 Å². The zero-order valence-corrected chi connectivity index (χ0v) is 12.9. The maximum Gasteiger partial charge on any atom is 0.212 e. The smallest absolute Gasteiger partial charge is 0.212 e. The lowest BCUT2D eigenvalue weighted by Crippen LogP contribution is -2.31. The lowest BCUT2D eigenvalue weighted by Gasteiger charge is -2.24. The molecule has 0 amide bonds. The summed E-state index contributed by atoms with van der Waals surface area (Å²) in [6.45, 7) is 0. The van der Waals surface area contributed by atoms with Gasteiger partial charge in [-0.3, -0.25) is 9.88 Å². The Morgan fingerprint density at radius 2 is 2.05 bits per heavy atom. The number of hydrogen-bond acceptors (Lipinski definition) is 4. The highest BCUT2D eigenvalue weighted by Crippen LogP contribution is 2.33. The molecule has 1 aromatic heterocycles. The Labute approximate surface area is 133 Å². The predicted octanol–water partition coefficient (Wildman–Crippen LogP) is 3.23. The molecule has 1 unspecified atom stereocenters. The van der Waals surface area contributed by atoms with Crippen LogP contribution in [-0.4, -0.2) is 15.5 Å². The zero-order valence-electron chi connectivity index (χ0n) is 11.3. The molecule has 0 fully saturated rings. The Bertz CT molecular complexity index is 917. The van der Waals surface area contributed by atoms with Crippen molar-refractivity contribution in [2.75, 3.05) is 5.32 Å². The predicted molar refractivity (Wildman–Crippen MR) is 87.2 cm³/mol. The quantitative estimate of drug-likeness (QED) is 0.700. The molecule has 110 valence electrons. The summed E-state index contributed by atoms with van der Waals surface area (Å²) in [5.41, 5.74) is 8.47. The van der Waals surface area contributed by atoms with Gasteiger partial charge in [-0.1, -0.05) is 18.2 Å². The summed E-state index contributed by atoms with van der Waals surface area (Å²) in [5.74, 6) is 0.595. The summed E-state index contributed by atoms with van der Waals surface area (Å²) < 4.78 is 15.8. The van der Waals surface area contributed by atoms with Crippen molar-refractivity contribution in [3.63, 3.8) is 0 Å². The SMILES string of the molecule is NC1=NC(c2ccc(F)c(Br)c2)n2c(nc3ccccc32)N1. The number of fused-ring (bicyclic) bond motifs is 3. The number of anilines is 1. The van der Waals surface area contributed by atoms with Crippen LogP contribution in [0.3, 0.4) is 0 Å². The molecule has 7 heteroatoms. The van der Waals surface area contributed by atoms with Crippen molar-refractivity contribution in [1.29, 1.82) is 0 Å². The second kappa shape index (κ2) is 4.81. The van der Waals surface area contributed by atoms with Crippen LogP contribution in [0, 0.1) is 5.82 Å². The summed E-state index contributed by atoms with van der Waals surface area (Å²) in [7, 11) is 0. The highest BCUT2D eigenvalue weighted by molar-refractivity contribution is 9.10. The van der Waals surface area contributed by atoms with Gasteiger partial charge in [-0.25, -0.2) is 14.4 Å². The monoisotopic (exact) mass is 359 g/mol. The van der Waals surface area contributed by atoms with Gasteiger partial charge in [0.25, 0.3) is 0 Å². The van der Waals surface area contributed by atoms with Crippen LogP contribution < -0.4 is 11.1 Å². The van der Waals surface area contributed by atoms with Crippen molar-refractivity contribution >= 4 is 38.9 Å². The Kier molecular flexibility index (Phi) is 2.90. The Hall–Kier alpha value is -2.41. The molecule has 0 radical (unpaired) electrons. The maximum absolute atomic E-state index is 13.5. The number of halogens is 2. The molecule has 1 atom stereocenters. The Morgan fingerprint density at radius 3 is 2.86 bits per heavy atom. The van der Waals surface area contributed by atoms with Gasteiger partial charge in [-0.05, 0) is 45.8 Å². The van der Waals surface area contributed by atoms with E-state index in [1.807, 2.05) is 28.8 Å². The first kappa shape index (κ1) is 13.3. The van der Waals surface area contributed by atoms with E-state index in [-0.39, 0.29) is 17.9 Å². The number of guanidine groups is 1. The van der Waals surface area contributed by atoms with Gasteiger partial charge < -0.3 is 5.73 Å². The van der Waals surface area contributed by atoms with Crippen LogP contribution in [0.1, 0.15) is 11.7 Å². The summed E-state index contributed by atoms with van der Waals surface area (Å²) in [5, 5.41) is 2.97. The molecule has 3 aromatic rings. The van der Waals surface area contributed by atoms with E-state index in [0.717, 1.165) is 16.6 Å². The molecular weight excluding hydrogens is 349 g/mol. The van der Waals surface area contributed by atoms with Gasteiger partial charge in [0.15, 0.2) is 12.1 Å². The molecule has 0 spiro atoms. The lowest BCUT2D eigenvalue weighted by atomic mass is 10.1. The van der Waals surface area contributed by atoms with Crippen LogP contribution in [0.4, 0.5) is 10.3 Å². The van der Waals surface area contributed by atoms with Crippen LogP contribution in [0.15, 0.2) is 51.9 Å². The van der Waals surface area contributed by atoms with Gasteiger partial charge in [0.05, 0.1) is 15.5 Å². The van der Waals surface area contributed by atoms with Gasteiger partial charge >= 0.3 is 0 Å². The van der Waals surface area contributed by atoms with Gasteiger partial charge in [0.2, 0.25) is 5.95 Å². The topological polar surface area (TPSA) is 68.2 Å². The second-order valence-electron chi connectivity index (χ2n) is 4.98. The number of imidazole rings is 1. The summed E-state index contributed by atoms with van der Waals surface area (Å²) in [6, 6.07) is 12.6. The molecule has 3 N–H and O–H groups in total. The van der Waals surface area contributed by atoms with E-state index in [9.17, 15) is 4.39 Å². The van der Waals surface area contributed by atoms with Crippen molar-refractivity contribution in [3.05, 3.63) is 58.3 Å². The minimum absolute atomic E-state index is 0.285. The minimum Gasteiger partial charge on any atom is -0.370 e. The highest BCUT2D eigenvalue weighted by atomic mass is 79.9. The number of rotatable bonds is 1.